The second-order valence-electron chi connectivity index (χ2n) is 11.4. The maximum atomic E-state index is 10.6. The molecule has 0 aliphatic rings. The summed E-state index contributed by atoms with van der Waals surface area (Å²) in [4.78, 5) is 2.23. The van der Waals surface area contributed by atoms with Crippen LogP contribution >= 0.6 is 0 Å². The van der Waals surface area contributed by atoms with Crippen LogP contribution in [0.15, 0.2) is 0 Å². The van der Waals surface area contributed by atoms with Crippen LogP contribution in [0, 0.1) is 0 Å². The molecule has 0 radical (unpaired) electrons. The first kappa shape index (κ1) is 35.8. The topological polar surface area (TPSA) is 63.9 Å². The highest BCUT2D eigenvalue weighted by Crippen LogP contribution is 2.15. The quantitative estimate of drug-likeness (QED) is 0.0844. The Balaban J connectivity index is 3.91. The summed E-state index contributed by atoms with van der Waals surface area (Å²) in [6.45, 7) is 6.91. The third kappa shape index (κ3) is 26.9. The molecular weight excluding hydrogens is 446 g/mol. The van der Waals surface area contributed by atoms with Gasteiger partial charge in [0.05, 0.1) is 12.2 Å². The fraction of sp³-hybridized carbons (Fsp3) is 1.00. The first-order valence-electron chi connectivity index (χ1n) is 16.3. The second kappa shape index (κ2) is 29.4. The number of hydrogen-bond acceptors (Lipinski definition) is 4. The molecule has 2 unspecified atom stereocenters. The largest absolute Gasteiger partial charge is 0.396 e. The van der Waals surface area contributed by atoms with Gasteiger partial charge in [-0.3, -0.25) is 4.90 Å². The minimum atomic E-state index is -0.308. The highest BCUT2D eigenvalue weighted by atomic mass is 16.3. The summed E-state index contributed by atoms with van der Waals surface area (Å²) in [7, 11) is 0. The van der Waals surface area contributed by atoms with E-state index in [1.807, 2.05) is 0 Å². The maximum Gasteiger partial charge on any atom is 0.0667 e. The summed E-state index contributed by atoms with van der Waals surface area (Å²) in [6.07, 6.45) is 29.2. The van der Waals surface area contributed by atoms with Gasteiger partial charge in [0, 0.05) is 19.7 Å². The summed E-state index contributed by atoms with van der Waals surface area (Å²) in [6, 6.07) is 0. The Labute approximate surface area is 226 Å². The SMILES string of the molecule is CCCCCCCCCCCCC(O)CN(CCCCO)CC(O)CCCCCCCCCCCC. The van der Waals surface area contributed by atoms with Crippen molar-refractivity contribution in [2.45, 2.75) is 180 Å². The van der Waals surface area contributed by atoms with E-state index < -0.39 is 0 Å². The van der Waals surface area contributed by atoms with Gasteiger partial charge < -0.3 is 15.3 Å². The third-order valence-corrected chi connectivity index (χ3v) is 7.60. The van der Waals surface area contributed by atoms with Crippen molar-refractivity contribution < 1.29 is 15.3 Å². The van der Waals surface area contributed by atoms with Crippen molar-refractivity contribution in [2.75, 3.05) is 26.2 Å². The number of nitrogens with zero attached hydrogens (tertiary/aromatic N) is 1. The van der Waals surface area contributed by atoms with E-state index in [4.69, 9.17) is 5.11 Å². The summed E-state index contributed by atoms with van der Waals surface area (Å²) in [5.41, 5.74) is 0. The Morgan fingerprint density at radius 3 is 1.11 bits per heavy atom. The van der Waals surface area contributed by atoms with Gasteiger partial charge in [-0.05, 0) is 32.2 Å². The summed E-state index contributed by atoms with van der Waals surface area (Å²) < 4.78 is 0. The van der Waals surface area contributed by atoms with Crippen molar-refractivity contribution in [3.63, 3.8) is 0 Å². The van der Waals surface area contributed by atoms with Gasteiger partial charge >= 0.3 is 0 Å². The summed E-state index contributed by atoms with van der Waals surface area (Å²) in [5, 5.41) is 30.4. The molecule has 0 rings (SSSR count). The predicted molar refractivity (Wildman–Crippen MR) is 158 cm³/mol. The van der Waals surface area contributed by atoms with E-state index in [1.165, 1.54) is 116 Å². The lowest BCUT2D eigenvalue weighted by molar-refractivity contribution is 0.0590. The summed E-state index contributed by atoms with van der Waals surface area (Å²) in [5.74, 6) is 0. The molecular formula is C32H67NO3. The second-order valence-corrected chi connectivity index (χ2v) is 11.4. The molecule has 0 aromatic heterocycles. The van der Waals surface area contributed by atoms with Crippen LogP contribution in [0.2, 0.25) is 0 Å². The molecule has 0 heterocycles. The van der Waals surface area contributed by atoms with Crippen LogP contribution in [0.3, 0.4) is 0 Å². The smallest absolute Gasteiger partial charge is 0.0667 e. The molecule has 0 spiro atoms. The van der Waals surface area contributed by atoms with Gasteiger partial charge in [-0.25, -0.2) is 0 Å². The Morgan fingerprint density at radius 2 is 0.778 bits per heavy atom. The van der Waals surface area contributed by atoms with Crippen LogP contribution in [0.1, 0.15) is 168 Å². The van der Waals surface area contributed by atoms with E-state index >= 15 is 0 Å². The van der Waals surface area contributed by atoms with Gasteiger partial charge in [0.1, 0.15) is 0 Å². The van der Waals surface area contributed by atoms with Crippen LogP contribution in [-0.4, -0.2) is 58.7 Å². The van der Waals surface area contributed by atoms with Gasteiger partial charge in [-0.2, -0.15) is 0 Å². The molecule has 0 aliphatic carbocycles. The zero-order chi connectivity index (χ0) is 26.5. The monoisotopic (exact) mass is 514 g/mol. The first-order chi connectivity index (χ1) is 17.6. The van der Waals surface area contributed by atoms with Crippen LogP contribution in [0.5, 0.6) is 0 Å². The molecule has 2 atom stereocenters. The number of aliphatic hydroxyl groups excluding tert-OH is 3. The molecule has 0 aromatic rings. The normalized spacial score (nSPS) is 13.5. The number of unbranched alkanes of at least 4 members (excludes halogenated alkanes) is 19. The van der Waals surface area contributed by atoms with E-state index in [0.29, 0.717) is 13.1 Å². The zero-order valence-electron chi connectivity index (χ0n) is 24.7. The van der Waals surface area contributed by atoms with Crippen molar-refractivity contribution in [1.82, 2.24) is 4.90 Å². The molecule has 0 fully saturated rings. The zero-order valence-corrected chi connectivity index (χ0v) is 24.7. The van der Waals surface area contributed by atoms with E-state index in [-0.39, 0.29) is 18.8 Å². The van der Waals surface area contributed by atoms with Gasteiger partial charge in [-0.15, -0.1) is 0 Å². The maximum absolute atomic E-state index is 10.6. The molecule has 4 heteroatoms. The lowest BCUT2D eigenvalue weighted by atomic mass is 10.0. The number of rotatable bonds is 30. The Morgan fingerprint density at radius 1 is 0.444 bits per heavy atom. The lowest BCUT2D eigenvalue weighted by Gasteiger charge is -2.27. The van der Waals surface area contributed by atoms with E-state index in [0.717, 1.165) is 45.1 Å². The highest BCUT2D eigenvalue weighted by molar-refractivity contribution is 4.70. The first-order valence-corrected chi connectivity index (χ1v) is 16.3. The number of aliphatic hydroxyl groups is 3. The van der Waals surface area contributed by atoms with Crippen LogP contribution in [0.4, 0.5) is 0 Å². The average Bonchev–Trinajstić information content (AvgIpc) is 2.86. The van der Waals surface area contributed by atoms with Gasteiger partial charge in [0.25, 0.3) is 0 Å². The van der Waals surface area contributed by atoms with Crippen molar-refractivity contribution in [3.8, 4) is 0 Å². The molecule has 0 saturated carbocycles. The fourth-order valence-corrected chi connectivity index (χ4v) is 5.22. The van der Waals surface area contributed by atoms with Crippen molar-refractivity contribution in [1.29, 1.82) is 0 Å². The fourth-order valence-electron chi connectivity index (χ4n) is 5.22. The molecule has 0 aromatic carbocycles. The van der Waals surface area contributed by atoms with Gasteiger partial charge in [0.2, 0.25) is 0 Å². The Hall–Kier alpha value is -0.160. The minimum Gasteiger partial charge on any atom is -0.396 e. The summed E-state index contributed by atoms with van der Waals surface area (Å²) >= 11 is 0. The molecule has 3 N–H and O–H groups in total. The van der Waals surface area contributed by atoms with E-state index in [9.17, 15) is 10.2 Å². The molecule has 4 nitrogen and oxygen atoms in total. The van der Waals surface area contributed by atoms with Crippen molar-refractivity contribution in [2.24, 2.45) is 0 Å². The Kier molecular flexibility index (Phi) is 29.3. The van der Waals surface area contributed by atoms with Crippen molar-refractivity contribution in [3.05, 3.63) is 0 Å². The standard InChI is InChI=1S/C32H67NO3/c1-3-5-7-9-11-13-15-17-19-21-25-31(35)29-33(27-23-24-28-34)30-32(36)26-22-20-18-16-14-12-10-8-6-4-2/h31-32,34-36H,3-30H2,1-2H3. The van der Waals surface area contributed by atoms with Crippen molar-refractivity contribution >= 4 is 0 Å². The van der Waals surface area contributed by atoms with Crippen LogP contribution < -0.4 is 0 Å². The Bertz CT molecular complexity index is 375. The third-order valence-electron chi connectivity index (χ3n) is 7.60. The minimum absolute atomic E-state index is 0.218. The molecule has 0 bridgehead atoms. The van der Waals surface area contributed by atoms with E-state index in [2.05, 4.69) is 18.7 Å². The van der Waals surface area contributed by atoms with E-state index in [1.54, 1.807) is 0 Å². The van der Waals surface area contributed by atoms with Gasteiger partial charge in [0.15, 0.2) is 0 Å². The van der Waals surface area contributed by atoms with Gasteiger partial charge in [-0.1, -0.05) is 142 Å². The molecule has 36 heavy (non-hydrogen) atoms. The average molecular weight is 514 g/mol. The van der Waals surface area contributed by atoms with Crippen LogP contribution in [-0.2, 0) is 0 Å². The highest BCUT2D eigenvalue weighted by Gasteiger charge is 2.15. The molecule has 0 amide bonds. The molecule has 218 valence electrons. The lowest BCUT2D eigenvalue weighted by Crippen LogP contribution is -2.38. The molecule has 0 aliphatic heterocycles. The predicted octanol–water partition coefficient (Wildman–Crippen LogP) is 8.40. The van der Waals surface area contributed by atoms with Crippen LogP contribution in [0.25, 0.3) is 0 Å². The molecule has 0 saturated heterocycles. The number of hydrogen-bond donors (Lipinski definition) is 3.